The average Bonchev–Trinajstić information content (AvgIpc) is 2.38. The fraction of sp³-hybridized carbons (Fsp3) is 0.385. The van der Waals surface area contributed by atoms with E-state index < -0.39 is 12.0 Å². The van der Waals surface area contributed by atoms with Crippen molar-refractivity contribution in [2.45, 2.75) is 13.0 Å². The summed E-state index contributed by atoms with van der Waals surface area (Å²) in [4.78, 5) is 22.3. The Bertz CT molecular complexity index is 493. The number of nitrogens with two attached hydrogens (primary N) is 1. The van der Waals surface area contributed by atoms with E-state index in [1.165, 1.54) is 18.9 Å². The van der Waals surface area contributed by atoms with Gasteiger partial charge < -0.3 is 20.9 Å². The van der Waals surface area contributed by atoms with Crippen molar-refractivity contribution in [3.8, 4) is 5.75 Å². The molecule has 0 bridgehead atoms. The fourth-order valence-corrected chi connectivity index (χ4v) is 2.23. The van der Waals surface area contributed by atoms with Gasteiger partial charge in [0.05, 0.1) is 18.6 Å². The van der Waals surface area contributed by atoms with Crippen LogP contribution in [0.15, 0.2) is 18.2 Å². The van der Waals surface area contributed by atoms with Crippen LogP contribution in [0, 0.1) is 6.92 Å². The van der Waals surface area contributed by atoms with Gasteiger partial charge in [0.15, 0.2) is 0 Å². The molecule has 0 aromatic heterocycles. The minimum Gasteiger partial charge on any atom is -0.495 e. The molecule has 0 spiro atoms. The average molecular weight is 298 g/mol. The molecule has 1 amide bonds. The van der Waals surface area contributed by atoms with Crippen molar-refractivity contribution >= 4 is 29.3 Å². The van der Waals surface area contributed by atoms with E-state index in [-0.39, 0.29) is 17.4 Å². The predicted molar refractivity (Wildman–Crippen MR) is 79.3 cm³/mol. The number of anilines is 1. The molecule has 7 heteroatoms. The summed E-state index contributed by atoms with van der Waals surface area (Å²) >= 11 is 1.18. The SMILES string of the molecule is COc1ccc(C)cc1NC(=O)CSC[C@H](N)C(=O)O. The van der Waals surface area contributed by atoms with Gasteiger partial charge in [-0.25, -0.2) is 0 Å². The quantitative estimate of drug-likeness (QED) is 0.696. The standard InChI is InChI=1S/C13H18N2O4S/c1-8-3-4-11(19-2)10(5-8)15-12(16)7-20-6-9(14)13(17)18/h3-5,9H,6-7,14H2,1-2H3,(H,15,16)(H,17,18)/t9-/m0/s1. The normalized spacial score (nSPS) is 11.8. The van der Waals surface area contributed by atoms with Gasteiger partial charge >= 0.3 is 5.97 Å². The van der Waals surface area contributed by atoms with Gasteiger partial charge in [-0.1, -0.05) is 6.07 Å². The van der Waals surface area contributed by atoms with E-state index in [9.17, 15) is 9.59 Å². The van der Waals surface area contributed by atoms with Crippen molar-refractivity contribution in [1.82, 2.24) is 0 Å². The molecule has 0 aliphatic heterocycles. The minimum atomic E-state index is -1.07. The van der Waals surface area contributed by atoms with Crippen LogP contribution in [-0.2, 0) is 9.59 Å². The number of nitrogens with one attached hydrogen (secondary N) is 1. The maximum atomic E-state index is 11.8. The van der Waals surface area contributed by atoms with E-state index in [0.29, 0.717) is 11.4 Å². The number of carboxylic acids is 1. The molecule has 0 saturated carbocycles. The van der Waals surface area contributed by atoms with Crippen LogP contribution < -0.4 is 15.8 Å². The van der Waals surface area contributed by atoms with Gasteiger partial charge in [-0.3, -0.25) is 9.59 Å². The number of carbonyl (C=O) groups is 2. The second-order valence-corrected chi connectivity index (χ2v) is 5.24. The molecular formula is C13H18N2O4S. The lowest BCUT2D eigenvalue weighted by atomic mass is 10.2. The lowest BCUT2D eigenvalue weighted by Gasteiger charge is -2.11. The number of amides is 1. The van der Waals surface area contributed by atoms with Crippen LogP contribution in [0.5, 0.6) is 5.75 Å². The molecule has 0 radical (unpaired) electrons. The van der Waals surface area contributed by atoms with Crippen LogP contribution in [0.3, 0.4) is 0 Å². The maximum absolute atomic E-state index is 11.8. The van der Waals surface area contributed by atoms with Crippen LogP contribution in [0.2, 0.25) is 0 Å². The molecule has 0 heterocycles. The van der Waals surface area contributed by atoms with Crippen LogP contribution in [0.4, 0.5) is 5.69 Å². The molecule has 0 aliphatic carbocycles. The Labute approximate surface area is 121 Å². The highest BCUT2D eigenvalue weighted by molar-refractivity contribution is 8.00. The summed E-state index contributed by atoms with van der Waals surface area (Å²) in [6, 6.07) is 4.51. The van der Waals surface area contributed by atoms with Gasteiger partial charge in [-0.15, -0.1) is 11.8 Å². The van der Waals surface area contributed by atoms with E-state index in [1.807, 2.05) is 19.1 Å². The van der Waals surface area contributed by atoms with Crippen molar-refractivity contribution in [2.75, 3.05) is 23.9 Å². The van der Waals surface area contributed by atoms with E-state index in [4.69, 9.17) is 15.6 Å². The van der Waals surface area contributed by atoms with Crippen molar-refractivity contribution in [2.24, 2.45) is 5.73 Å². The van der Waals surface area contributed by atoms with Crippen molar-refractivity contribution in [1.29, 1.82) is 0 Å². The lowest BCUT2D eigenvalue weighted by molar-refractivity contribution is -0.137. The van der Waals surface area contributed by atoms with E-state index in [0.717, 1.165) is 5.56 Å². The van der Waals surface area contributed by atoms with Crippen LogP contribution in [-0.4, -0.2) is 41.6 Å². The topological polar surface area (TPSA) is 102 Å². The summed E-state index contributed by atoms with van der Waals surface area (Å²) in [6.07, 6.45) is 0. The van der Waals surface area contributed by atoms with E-state index in [1.54, 1.807) is 6.07 Å². The van der Waals surface area contributed by atoms with E-state index in [2.05, 4.69) is 5.32 Å². The minimum absolute atomic E-state index is 0.137. The largest absolute Gasteiger partial charge is 0.495 e. The number of hydrogen-bond donors (Lipinski definition) is 3. The fourth-order valence-electron chi connectivity index (χ4n) is 1.46. The Morgan fingerprint density at radius 1 is 1.50 bits per heavy atom. The molecule has 1 aromatic carbocycles. The van der Waals surface area contributed by atoms with Crippen LogP contribution in [0.1, 0.15) is 5.56 Å². The number of benzene rings is 1. The number of carbonyl (C=O) groups excluding carboxylic acids is 1. The first-order valence-electron chi connectivity index (χ1n) is 5.94. The third kappa shape index (κ3) is 5.10. The van der Waals surface area contributed by atoms with Crippen molar-refractivity contribution in [3.63, 3.8) is 0 Å². The summed E-state index contributed by atoms with van der Waals surface area (Å²) in [7, 11) is 1.53. The number of carboxylic acid groups (broad SMARTS) is 1. The third-order valence-electron chi connectivity index (χ3n) is 2.48. The molecule has 0 aliphatic rings. The zero-order valence-corrected chi connectivity index (χ0v) is 12.2. The second kappa shape index (κ2) is 7.76. The molecule has 1 atom stereocenters. The highest BCUT2D eigenvalue weighted by Gasteiger charge is 2.13. The molecular weight excluding hydrogens is 280 g/mol. The first-order chi connectivity index (χ1) is 9.43. The summed E-state index contributed by atoms with van der Waals surface area (Å²) < 4.78 is 5.16. The summed E-state index contributed by atoms with van der Waals surface area (Å²) in [5, 5.41) is 11.4. The first kappa shape index (κ1) is 16.3. The van der Waals surface area contributed by atoms with Crippen LogP contribution >= 0.6 is 11.8 Å². The first-order valence-corrected chi connectivity index (χ1v) is 7.10. The summed E-state index contributed by atoms with van der Waals surface area (Å²) in [5.41, 5.74) is 6.95. The van der Waals surface area contributed by atoms with Gasteiger partial charge in [-0.2, -0.15) is 0 Å². The van der Waals surface area contributed by atoms with Gasteiger partial charge in [0.1, 0.15) is 11.8 Å². The number of methoxy groups -OCH3 is 1. The molecule has 1 rings (SSSR count). The number of rotatable bonds is 7. The van der Waals surface area contributed by atoms with Crippen molar-refractivity contribution in [3.05, 3.63) is 23.8 Å². The smallest absolute Gasteiger partial charge is 0.321 e. The van der Waals surface area contributed by atoms with Crippen molar-refractivity contribution < 1.29 is 19.4 Å². The highest BCUT2D eigenvalue weighted by Crippen LogP contribution is 2.25. The molecule has 0 fully saturated rings. The monoisotopic (exact) mass is 298 g/mol. The molecule has 4 N–H and O–H groups in total. The number of aliphatic carboxylic acids is 1. The third-order valence-corrected chi connectivity index (χ3v) is 3.54. The number of thioether (sulfide) groups is 1. The maximum Gasteiger partial charge on any atom is 0.321 e. The molecule has 6 nitrogen and oxygen atoms in total. The second-order valence-electron chi connectivity index (χ2n) is 4.21. The summed E-state index contributed by atoms with van der Waals surface area (Å²) in [5.74, 6) is -0.392. The molecule has 0 saturated heterocycles. The highest BCUT2D eigenvalue weighted by atomic mass is 32.2. The molecule has 110 valence electrons. The molecule has 1 aromatic rings. The zero-order chi connectivity index (χ0) is 15.1. The predicted octanol–water partition coefficient (Wildman–Crippen LogP) is 1.09. The van der Waals surface area contributed by atoms with Crippen LogP contribution in [0.25, 0.3) is 0 Å². The Kier molecular flexibility index (Phi) is 6.33. The Morgan fingerprint density at radius 3 is 2.80 bits per heavy atom. The lowest BCUT2D eigenvalue weighted by Crippen LogP contribution is -2.33. The van der Waals surface area contributed by atoms with E-state index >= 15 is 0 Å². The van der Waals surface area contributed by atoms with Gasteiger partial charge in [0.25, 0.3) is 0 Å². The number of aryl methyl sites for hydroxylation is 1. The molecule has 20 heavy (non-hydrogen) atoms. The van der Waals surface area contributed by atoms with Gasteiger partial charge in [0.2, 0.25) is 5.91 Å². The Morgan fingerprint density at radius 2 is 2.20 bits per heavy atom. The molecule has 0 unspecified atom stereocenters. The van der Waals surface area contributed by atoms with Gasteiger partial charge in [0, 0.05) is 5.75 Å². The number of hydrogen-bond acceptors (Lipinski definition) is 5. The Hall–Kier alpha value is -1.73. The Balaban J connectivity index is 2.50. The summed E-state index contributed by atoms with van der Waals surface area (Å²) in [6.45, 7) is 1.91. The zero-order valence-electron chi connectivity index (χ0n) is 11.4. The van der Waals surface area contributed by atoms with Gasteiger partial charge in [-0.05, 0) is 24.6 Å². The number of ether oxygens (including phenoxy) is 1.